The Kier molecular flexibility index (Phi) is 12.3. The average molecular weight is 926 g/mol. The fraction of sp³-hybridized carbons (Fsp3) is 0.300. The normalized spacial score (nSPS) is 17.4. The van der Waals surface area contributed by atoms with Crippen molar-refractivity contribution in [2.75, 3.05) is 44.2 Å². The molecule has 4 heterocycles. The lowest BCUT2D eigenvalue weighted by molar-refractivity contribution is -0.386. The van der Waals surface area contributed by atoms with Gasteiger partial charge in [0.1, 0.15) is 22.9 Å². The van der Waals surface area contributed by atoms with Crippen molar-refractivity contribution in [3.8, 4) is 23.3 Å². The third-order valence-electron chi connectivity index (χ3n) is 12.8. The minimum absolute atomic E-state index is 0.0457. The van der Waals surface area contributed by atoms with Crippen LogP contribution in [0.4, 0.5) is 11.4 Å². The Morgan fingerprint density at radius 3 is 2.62 bits per heavy atom. The number of allylic oxidation sites excluding steroid dienone is 1. The fourth-order valence-corrected chi connectivity index (χ4v) is 10.4. The number of aromatic amines is 1. The van der Waals surface area contributed by atoms with Crippen molar-refractivity contribution >= 4 is 55.5 Å². The highest BCUT2D eigenvalue weighted by Crippen LogP contribution is 2.44. The number of nitrogens with zero attached hydrogens (tertiary/aromatic N) is 5. The van der Waals surface area contributed by atoms with Gasteiger partial charge in [-0.05, 0) is 96.7 Å². The van der Waals surface area contributed by atoms with Crippen LogP contribution in [0.1, 0.15) is 65.7 Å². The van der Waals surface area contributed by atoms with Crippen molar-refractivity contribution < 1.29 is 27.6 Å². The summed E-state index contributed by atoms with van der Waals surface area (Å²) in [6, 6.07) is 28.2. The highest BCUT2D eigenvalue weighted by atomic mass is 35.5. The molecular weight excluding hydrogens is 878 g/mol. The molecule has 1 amide bonds. The number of benzene rings is 4. The summed E-state index contributed by atoms with van der Waals surface area (Å²) in [6.45, 7) is 8.69. The number of fused-ring (bicyclic) bond motifs is 2. The van der Waals surface area contributed by atoms with E-state index in [1.165, 1.54) is 35.0 Å². The van der Waals surface area contributed by atoms with Crippen LogP contribution in [-0.2, 0) is 22.9 Å². The smallest absolute Gasteiger partial charge is 0.277 e. The van der Waals surface area contributed by atoms with Crippen molar-refractivity contribution in [2.45, 2.75) is 50.8 Å². The molecule has 14 nitrogen and oxygen atoms in total. The lowest BCUT2D eigenvalue weighted by Gasteiger charge is -2.39. The molecule has 0 unspecified atom stereocenters. The molecule has 1 atom stereocenters. The van der Waals surface area contributed by atoms with E-state index in [1.807, 2.05) is 30.3 Å². The standard InChI is InChI=1S/C50H48ClN7O7S/c1-50(2)15-13-37(44(27-50)33-7-9-38(51)10-8-33)30-56-17-19-57(20-18-56)39-11-12-42(47(24-39)65-40-23-35-14-16-53-48(35)54-29-40)49(59)55-66(62,63)41-25-45(58(60)61)43-22-32(31-64-46(43)26-41)21-34-5-3-4-6-36(34)28-52/h3-12,14,16,23-26,29,32H,13,15,17-22,27,30-31H2,1-2H3,(H,53,54)(H,55,59)/t32-/m1/s1. The average Bonchev–Trinajstić information content (AvgIpc) is 3.78. The van der Waals surface area contributed by atoms with Crippen LogP contribution in [0.5, 0.6) is 17.2 Å². The van der Waals surface area contributed by atoms with E-state index in [0.29, 0.717) is 36.5 Å². The first kappa shape index (κ1) is 44.5. The summed E-state index contributed by atoms with van der Waals surface area (Å²) < 4.78 is 42.3. The summed E-state index contributed by atoms with van der Waals surface area (Å²) in [6.07, 6.45) is 7.10. The summed E-state index contributed by atoms with van der Waals surface area (Å²) in [5.41, 5.74) is 6.76. The van der Waals surface area contributed by atoms with Gasteiger partial charge in [0.25, 0.3) is 21.6 Å². The maximum atomic E-state index is 14.1. The number of sulfonamides is 1. The molecule has 3 aliphatic rings. The summed E-state index contributed by atoms with van der Waals surface area (Å²) in [4.78, 5) is 37.5. The van der Waals surface area contributed by atoms with Crippen LogP contribution in [0.2, 0.25) is 5.02 Å². The van der Waals surface area contributed by atoms with Crippen molar-refractivity contribution in [2.24, 2.45) is 11.3 Å². The van der Waals surface area contributed by atoms with Crippen LogP contribution in [0.25, 0.3) is 16.6 Å². The third kappa shape index (κ3) is 9.62. The molecule has 1 aliphatic carbocycles. The van der Waals surface area contributed by atoms with Gasteiger partial charge in [-0.1, -0.05) is 61.4 Å². The first-order valence-electron chi connectivity index (χ1n) is 21.9. The number of rotatable bonds is 12. The van der Waals surface area contributed by atoms with Gasteiger partial charge >= 0.3 is 0 Å². The van der Waals surface area contributed by atoms with E-state index in [1.54, 1.807) is 36.5 Å². The van der Waals surface area contributed by atoms with Gasteiger partial charge in [0.05, 0.1) is 45.4 Å². The minimum Gasteiger partial charge on any atom is -0.493 e. The Hall–Kier alpha value is -6.73. The number of carbonyl (C=O) groups excluding carboxylic acids is 1. The Labute approximate surface area is 388 Å². The number of pyridine rings is 1. The van der Waals surface area contributed by atoms with Crippen molar-refractivity contribution in [3.63, 3.8) is 0 Å². The molecule has 0 spiro atoms. The van der Waals surface area contributed by atoms with Crippen molar-refractivity contribution in [1.29, 1.82) is 5.26 Å². The number of nitrogens with one attached hydrogen (secondary N) is 2. The first-order valence-corrected chi connectivity index (χ1v) is 23.8. The van der Waals surface area contributed by atoms with Gasteiger partial charge in [0, 0.05) is 79.1 Å². The lowest BCUT2D eigenvalue weighted by atomic mass is 9.72. The monoisotopic (exact) mass is 925 g/mol. The van der Waals surface area contributed by atoms with E-state index in [-0.39, 0.29) is 47.0 Å². The summed E-state index contributed by atoms with van der Waals surface area (Å²) in [5.74, 6) is -0.712. The van der Waals surface area contributed by atoms with Crippen LogP contribution in [0, 0.1) is 32.8 Å². The predicted molar refractivity (Wildman–Crippen MR) is 253 cm³/mol. The molecule has 4 aromatic carbocycles. The zero-order chi connectivity index (χ0) is 46.2. The summed E-state index contributed by atoms with van der Waals surface area (Å²) >= 11 is 6.25. The molecule has 2 aromatic heterocycles. The number of carbonyl (C=O) groups is 1. The maximum absolute atomic E-state index is 14.1. The molecule has 2 aliphatic heterocycles. The van der Waals surface area contributed by atoms with Gasteiger partial charge in [-0.2, -0.15) is 5.26 Å². The largest absolute Gasteiger partial charge is 0.493 e. The summed E-state index contributed by atoms with van der Waals surface area (Å²) in [7, 11) is -4.68. The molecular formula is C50H48ClN7O7S. The fourth-order valence-electron chi connectivity index (χ4n) is 9.28. The van der Waals surface area contributed by atoms with Gasteiger partial charge in [-0.15, -0.1) is 0 Å². The van der Waals surface area contributed by atoms with Crippen molar-refractivity contribution in [1.82, 2.24) is 19.6 Å². The van der Waals surface area contributed by atoms with E-state index >= 15 is 0 Å². The Morgan fingerprint density at radius 1 is 1.06 bits per heavy atom. The number of hydrogen-bond donors (Lipinski definition) is 2. The zero-order valence-electron chi connectivity index (χ0n) is 36.6. The Balaban J connectivity index is 0.945. The molecule has 6 aromatic rings. The van der Waals surface area contributed by atoms with E-state index in [9.17, 15) is 28.6 Å². The van der Waals surface area contributed by atoms with Crippen LogP contribution in [0.3, 0.4) is 0 Å². The van der Waals surface area contributed by atoms with E-state index in [0.717, 1.165) is 66.6 Å². The topological polar surface area (TPSA) is 184 Å². The Morgan fingerprint density at radius 2 is 1.85 bits per heavy atom. The SMILES string of the molecule is CC1(C)CCC(CN2CCN(c3ccc(C(=O)NS(=O)(=O)c4cc5c(c([N+](=O)[O-])c4)C[C@@H](Cc4ccccc4C#N)CO5)c(Oc4cnc5[nH]ccc5c4)c3)CC2)=C(c2ccc(Cl)cc2)C1. The molecule has 1 fully saturated rings. The number of halogens is 1. The molecule has 1 saturated heterocycles. The van der Waals surface area contributed by atoms with E-state index in [2.05, 4.69) is 56.5 Å². The first-order chi connectivity index (χ1) is 31.7. The van der Waals surface area contributed by atoms with Crippen LogP contribution >= 0.6 is 11.6 Å². The number of piperazine rings is 1. The van der Waals surface area contributed by atoms with Gasteiger partial charge in [0.15, 0.2) is 0 Å². The number of H-pyrrole nitrogens is 1. The molecule has 0 saturated carbocycles. The number of anilines is 1. The minimum atomic E-state index is -4.68. The number of ether oxygens (including phenoxy) is 2. The highest BCUT2D eigenvalue weighted by Gasteiger charge is 2.34. The molecule has 16 heteroatoms. The number of nitriles is 1. The molecule has 9 rings (SSSR count). The predicted octanol–water partition coefficient (Wildman–Crippen LogP) is 9.49. The van der Waals surface area contributed by atoms with Crippen LogP contribution < -0.4 is 19.1 Å². The molecule has 0 bridgehead atoms. The highest BCUT2D eigenvalue weighted by molar-refractivity contribution is 7.90. The van der Waals surface area contributed by atoms with Gasteiger partial charge in [-0.25, -0.2) is 18.1 Å². The van der Waals surface area contributed by atoms with E-state index in [4.69, 9.17) is 21.1 Å². The third-order valence-corrected chi connectivity index (χ3v) is 14.4. The second kappa shape index (κ2) is 18.3. The van der Waals surface area contributed by atoms with Gasteiger partial charge in [0.2, 0.25) is 0 Å². The maximum Gasteiger partial charge on any atom is 0.277 e. The van der Waals surface area contributed by atoms with Crippen LogP contribution in [0.15, 0.2) is 114 Å². The van der Waals surface area contributed by atoms with Gasteiger partial charge < -0.3 is 19.4 Å². The zero-order valence-corrected chi connectivity index (χ0v) is 38.1. The number of amides is 1. The van der Waals surface area contributed by atoms with Crippen LogP contribution in [-0.4, -0.2) is 73.4 Å². The van der Waals surface area contributed by atoms with Gasteiger partial charge in [-0.3, -0.25) is 19.8 Å². The number of aromatic nitrogens is 2. The Bertz CT molecular complexity index is 3040. The quantitative estimate of drug-likeness (QED) is 0.0880. The number of nitro groups is 1. The molecule has 338 valence electrons. The molecule has 0 radical (unpaired) electrons. The second-order valence-corrected chi connectivity index (χ2v) is 20.1. The van der Waals surface area contributed by atoms with E-state index < -0.39 is 31.4 Å². The molecule has 66 heavy (non-hydrogen) atoms. The molecule has 2 N–H and O–H groups in total. The van der Waals surface area contributed by atoms with Crippen molar-refractivity contribution in [3.05, 3.63) is 152 Å². The number of hydrogen-bond acceptors (Lipinski definition) is 11. The number of nitro benzene ring substituents is 1. The lowest BCUT2D eigenvalue weighted by Crippen LogP contribution is -2.47. The second-order valence-electron chi connectivity index (χ2n) is 18.0. The summed E-state index contributed by atoms with van der Waals surface area (Å²) in [5, 5.41) is 23.5.